The Balaban J connectivity index is 1.67. The first-order valence-electron chi connectivity index (χ1n) is 7.61. The number of benzene rings is 1. The number of nitrogens with one attached hydrogen (secondary N) is 2. The van der Waals surface area contributed by atoms with E-state index in [9.17, 15) is 9.59 Å². The molecule has 0 unspecified atom stereocenters. The number of amides is 3. The molecular formula is C16H21N3O2. The number of hydrogen-bond acceptors (Lipinski definition) is 2. The fraction of sp³-hybridized carbons (Fsp3) is 0.500. The molecule has 1 aromatic carbocycles. The molecule has 112 valence electrons. The molecule has 1 saturated heterocycles. The summed E-state index contributed by atoms with van der Waals surface area (Å²) in [6, 6.07) is 7.27. The van der Waals surface area contributed by atoms with Crippen LogP contribution in [0.1, 0.15) is 26.2 Å². The van der Waals surface area contributed by atoms with Crippen LogP contribution in [0.4, 0.5) is 16.2 Å². The minimum absolute atomic E-state index is 0.0466. The summed E-state index contributed by atoms with van der Waals surface area (Å²) in [5, 5.41) is 5.83. The molecule has 0 spiro atoms. The number of hydrogen-bond donors (Lipinski definition) is 2. The number of likely N-dealkylation sites (tertiary alicyclic amines) is 1. The average Bonchev–Trinajstić information content (AvgIpc) is 2.99. The van der Waals surface area contributed by atoms with Gasteiger partial charge in [0.15, 0.2) is 0 Å². The van der Waals surface area contributed by atoms with Crippen molar-refractivity contribution >= 4 is 23.3 Å². The SMILES string of the molecule is C[C@@H]1C[C@H]1C(=O)Nc1ccccc1NC(=O)N1CCCC1. The Labute approximate surface area is 124 Å². The fourth-order valence-electron chi connectivity index (χ4n) is 2.73. The molecule has 5 heteroatoms. The quantitative estimate of drug-likeness (QED) is 0.898. The van der Waals surface area contributed by atoms with Crippen LogP contribution in [0.2, 0.25) is 0 Å². The normalized spacial score (nSPS) is 23.8. The molecule has 0 aromatic heterocycles. The van der Waals surface area contributed by atoms with Gasteiger partial charge in [-0.3, -0.25) is 4.79 Å². The third-order valence-corrected chi connectivity index (χ3v) is 4.27. The van der Waals surface area contributed by atoms with Crippen molar-refractivity contribution in [2.24, 2.45) is 11.8 Å². The van der Waals surface area contributed by atoms with Gasteiger partial charge in [0.05, 0.1) is 11.4 Å². The van der Waals surface area contributed by atoms with E-state index >= 15 is 0 Å². The highest BCUT2D eigenvalue weighted by atomic mass is 16.2. The Hall–Kier alpha value is -2.04. The molecule has 3 rings (SSSR count). The van der Waals surface area contributed by atoms with Crippen molar-refractivity contribution < 1.29 is 9.59 Å². The first-order valence-corrected chi connectivity index (χ1v) is 7.61. The first-order chi connectivity index (χ1) is 10.1. The summed E-state index contributed by atoms with van der Waals surface area (Å²) in [7, 11) is 0. The lowest BCUT2D eigenvalue weighted by atomic mass is 10.2. The Morgan fingerprint density at radius 3 is 2.24 bits per heavy atom. The van der Waals surface area contributed by atoms with Crippen LogP contribution in [0.5, 0.6) is 0 Å². The van der Waals surface area contributed by atoms with Crippen molar-refractivity contribution in [2.45, 2.75) is 26.2 Å². The molecule has 2 fully saturated rings. The van der Waals surface area contributed by atoms with Crippen LogP contribution in [0.15, 0.2) is 24.3 Å². The number of nitrogens with zero attached hydrogens (tertiary/aromatic N) is 1. The van der Waals surface area contributed by atoms with Gasteiger partial charge in [-0.1, -0.05) is 19.1 Å². The van der Waals surface area contributed by atoms with Crippen LogP contribution in [-0.2, 0) is 4.79 Å². The Bertz CT molecular complexity index is 552. The predicted molar refractivity (Wildman–Crippen MR) is 82.2 cm³/mol. The fourth-order valence-corrected chi connectivity index (χ4v) is 2.73. The molecule has 1 saturated carbocycles. The summed E-state index contributed by atoms with van der Waals surface area (Å²) in [4.78, 5) is 26.0. The van der Waals surface area contributed by atoms with Crippen molar-refractivity contribution in [2.75, 3.05) is 23.7 Å². The Kier molecular flexibility index (Phi) is 3.82. The molecule has 2 N–H and O–H groups in total. The first kappa shape index (κ1) is 13.9. The van der Waals surface area contributed by atoms with Crippen LogP contribution >= 0.6 is 0 Å². The van der Waals surface area contributed by atoms with E-state index < -0.39 is 0 Å². The second-order valence-electron chi connectivity index (χ2n) is 5.98. The van der Waals surface area contributed by atoms with Crippen molar-refractivity contribution in [1.82, 2.24) is 4.90 Å². The largest absolute Gasteiger partial charge is 0.325 e. The lowest BCUT2D eigenvalue weighted by molar-refractivity contribution is -0.117. The average molecular weight is 287 g/mol. The molecule has 0 bridgehead atoms. The molecule has 1 aromatic rings. The van der Waals surface area contributed by atoms with E-state index in [0.717, 1.165) is 32.4 Å². The summed E-state index contributed by atoms with van der Waals surface area (Å²) in [5.41, 5.74) is 1.34. The summed E-state index contributed by atoms with van der Waals surface area (Å²) in [6.45, 7) is 3.69. The standard InChI is InChI=1S/C16H21N3O2/c1-11-10-12(11)15(20)17-13-6-2-3-7-14(13)18-16(21)19-8-4-5-9-19/h2-3,6-7,11-12H,4-5,8-10H2,1H3,(H,17,20)(H,18,21)/t11-,12-/m1/s1. The van der Waals surface area contributed by atoms with Gasteiger partial charge in [0.25, 0.3) is 0 Å². The van der Waals surface area contributed by atoms with Crippen LogP contribution < -0.4 is 10.6 Å². The highest BCUT2D eigenvalue weighted by Crippen LogP contribution is 2.39. The summed E-state index contributed by atoms with van der Waals surface area (Å²) in [5.74, 6) is 0.633. The van der Waals surface area contributed by atoms with Gasteiger partial charge < -0.3 is 15.5 Å². The summed E-state index contributed by atoms with van der Waals surface area (Å²) in [6.07, 6.45) is 3.07. The molecule has 1 aliphatic heterocycles. The van der Waals surface area contributed by atoms with E-state index in [-0.39, 0.29) is 17.9 Å². The van der Waals surface area contributed by atoms with Gasteiger partial charge >= 0.3 is 6.03 Å². The lowest BCUT2D eigenvalue weighted by Gasteiger charge is -2.18. The van der Waals surface area contributed by atoms with Crippen molar-refractivity contribution in [3.05, 3.63) is 24.3 Å². The molecule has 1 aliphatic carbocycles. The molecule has 2 aliphatic rings. The number of urea groups is 1. The van der Waals surface area contributed by atoms with Gasteiger partial charge in [0.2, 0.25) is 5.91 Å². The van der Waals surface area contributed by atoms with E-state index in [2.05, 4.69) is 17.6 Å². The molecule has 5 nitrogen and oxygen atoms in total. The van der Waals surface area contributed by atoms with Crippen LogP contribution in [0.25, 0.3) is 0 Å². The van der Waals surface area contributed by atoms with Gasteiger partial charge in [0.1, 0.15) is 0 Å². The van der Waals surface area contributed by atoms with Crippen molar-refractivity contribution in [3.8, 4) is 0 Å². The van der Waals surface area contributed by atoms with Crippen molar-refractivity contribution in [1.29, 1.82) is 0 Å². The molecule has 0 radical (unpaired) electrons. The van der Waals surface area contributed by atoms with Gasteiger partial charge in [-0.2, -0.15) is 0 Å². The molecule has 21 heavy (non-hydrogen) atoms. The molecule has 3 amide bonds. The number of para-hydroxylation sites is 2. The van der Waals surface area contributed by atoms with Crippen molar-refractivity contribution in [3.63, 3.8) is 0 Å². The maximum absolute atomic E-state index is 12.2. The molecule has 2 atom stereocenters. The zero-order valence-electron chi connectivity index (χ0n) is 12.3. The lowest BCUT2D eigenvalue weighted by Crippen LogP contribution is -2.32. The highest BCUT2D eigenvalue weighted by molar-refractivity contribution is 6.00. The van der Waals surface area contributed by atoms with E-state index in [4.69, 9.17) is 0 Å². The van der Waals surface area contributed by atoms with Gasteiger partial charge in [-0.25, -0.2) is 4.79 Å². The van der Waals surface area contributed by atoms with Crippen LogP contribution in [0, 0.1) is 11.8 Å². The summed E-state index contributed by atoms with van der Waals surface area (Å²) < 4.78 is 0. The van der Waals surface area contributed by atoms with E-state index in [0.29, 0.717) is 17.3 Å². The third kappa shape index (κ3) is 3.17. The minimum Gasteiger partial charge on any atom is -0.325 e. The van der Waals surface area contributed by atoms with Crippen LogP contribution in [0.3, 0.4) is 0 Å². The van der Waals surface area contributed by atoms with E-state index in [1.54, 1.807) is 0 Å². The maximum Gasteiger partial charge on any atom is 0.321 e. The molecule has 1 heterocycles. The van der Waals surface area contributed by atoms with Gasteiger partial charge in [-0.15, -0.1) is 0 Å². The number of carbonyl (C=O) groups is 2. The molecular weight excluding hydrogens is 266 g/mol. The van der Waals surface area contributed by atoms with Gasteiger partial charge in [-0.05, 0) is 37.3 Å². The monoisotopic (exact) mass is 287 g/mol. The smallest absolute Gasteiger partial charge is 0.321 e. The topological polar surface area (TPSA) is 61.4 Å². The van der Waals surface area contributed by atoms with E-state index in [1.165, 1.54) is 0 Å². The third-order valence-electron chi connectivity index (χ3n) is 4.27. The number of anilines is 2. The van der Waals surface area contributed by atoms with Gasteiger partial charge in [0, 0.05) is 19.0 Å². The second kappa shape index (κ2) is 5.76. The zero-order valence-corrected chi connectivity index (χ0v) is 12.3. The Morgan fingerprint density at radius 2 is 1.67 bits per heavy atom. The zero-order chi connectivity index (χ0) is 14.8. The van der Waals surface area contributed by atoms with Crippen LogP contribution in [-0.4, -0.2) is 29.9 Å². The number of carbonyl (C=O) groups excluding carboxylic acids is 2. The Morgan fingerprint density at radius 1 is 1.10 bits per heavy atom. The number of rotatable bonds is 3. The minimum atomic E-state index is -0.0889. The second-order valence-corrected chi connectivity index (χ2v) is 5.98. The highest BCUT2D eigenvalue weighted by Gasteiger charge is 2.39. The maximum atomic E-state index is 12.2. The summed E-state index contributed by atoms with van der Waals surface area (Å²) >= 11 is 0. The van der Waals surface area contributed by atoms with E-state index in [1.807, 2.05) is 29.2 Å². The predicted octanol–water partition coefficient (Wildman–Crippen LogP) is 2.91.